The van der Waals surface area contributed by atoms with Crippen molar-refractivity contribution in [3.8, 4) is 0 Å². The van der Waals surface area contributed by atoms with Gasteiger partial charge in [0, 0.05) is 12.2 Å². The quantitative estimate of drug-likeness (QED) is 0.222. The summed E-state index contributed by atoms with van der Waals surface area (Å²) in [5, 5.41) is 12.7. The van der Waals surface area contributed by atoms with Crippen molar-refractivity contribution in [3.05, 3.63) is 53.6 Å². The van der Waals surface area contributed by atoms with Crippen molar-refractivity contribution in [2.24, 2.45) is 0 Å². The lowest BCUT2D eigenvalue weighted by atomic mass is 9.87. The fourth-order valence-electron chi connectivity index (χ4n) is 3.50. The van der Waals surface area contributed by atoms with Gasteiger partial charge in [0.2, 0.25) is 0 Å². The van der Waals surface area contributed by atoms with Crippen LogP contribution in [0.15, 0.2) is 46.8 Å². The maximum absolute atomic E-state index is 11.7. The summed E-state index contributed by atoms with van der Waals surface area (Å²) in [5.41, 5.74) is 4.71. The molecule has 4 nitrogen and oxygen atoms in total. The molecule has 6 heteroatoms. The molecule has 0 fully saturated rings. The summed E-state index contributed by atoms with van der Waals surface area (Å²) in [4.78, 5) is 16.3. The van der Waals surface area contributed by atoms with Gasteiger partial charge >= 0.3 is 5.97 Å². The molecule has 3 aromatic rings. The summed E-state index contributed by atoms with van der Waals surface area (Å²) < 4.78 is 1.91. The highest BCUT2D eigenvalue weighted by molar-refractivity contribution is 8.02. The van der Waals surface area contributed by atoms with Crippen molar-refractivity contribution >= 4 is 45.0 Å². The zero-order chi connectivity index (χ0) is 23.1. The number of carbonyl (C=O) groups is 1. The highest BCUT2D eigenvalue weighted by atomic mass is 32.2. The molecule has 1 aromatic heterocycles. The zero-order valence-electron chi connectivity index (χ0n) is 19.5. The third-order valence-corrected chi connectivity index (χ3v) is 7.89. The largest absolute Gasteiger partial charge is 0.480 e. The molecule has 0 aliphatic carbocycles. The lowest BCUT2D eigenvalue weighted by Crippen LogP contribution is -2.15. The summed E-state index contributed by atoms with van der Waals surface area (Å²) in [5.74, 6) is -0.745. The van der Waals surface area contributed by atoms with Crippen LogP contribution >= 0.6 is 23.1 Å². The fraction of sp³-hybridized carbons (Fsp3) is 0.462. The van der Waals surface area contributed by atoms with E-state index in [0.717, 1.165) is 52.5 Å². The van der Waals surface area contributed by atoms with E-state index in [9.17, 15) is 9.90 Å². The van der Waals surface area contributed by atoms with Crippen molar-refractivity contribution < 1.29 is 9.90 Å². The number of nitrogens with zero attached hydrogens (tertiary/aromatic N) is 1. The lowest BCUT2D eigenvalue weighted by Gasteiger charge is -2.19. The Labute approximate surface area is 199 Å². The van der Waals surface area contributed by atoms with Gasteiger partial charge in [-0.05, 0) is 41.2 Å². The first-order chi connectivity index (χ1) is 15.3. The van der Waals surface area contributed by atoms with Gasteiger partial charge in [-0.2, -0.15) is 0 Å². The number of fused-ring (bicyclic) bond motifs is 1. The first-order valence-electron chi connectivity index (χ1n) is 11.4. The number of hydrogen-bond donors (Lipinski definition) is 2. The number of hydrogen-bond acceptors (Lipinski definition) is 5. The third kappa shape index (κ3) is 6.97. The second-order valence-corrected chi connectivity index (χ2v) is 11.7. The predicted octanol–water partition coefficient (Wildman–Crippen LogP) is 7.72. The van der Waals surface area contributed by atoms with E-state index >= 15 is 0 Å². The molecule has 2 aromatic carbocycles. The number of nitrogens with one attached hydrogen (secondary N) is 1. The fourth-order valence-corrected chi connectivity index (χ4v) is 5.83. The number of thiazole rings is 1. The second-order valence-electron chi connectivity index (χ2n) is 9.26. The highest BCUT2D eigenvalue weighted by Gasteiger charge is 2.20. The second kappa shape index (κ2) is 11.2. The Bertz CT molecular complexity index is 1020. The number of aliphatic carboxylic acids is 1. The Morgan fingerprint density at radius 2 is 1.88 bits per heavy atom. The van der Waals surface area contributed by atoms with Crippen molar-refractivity contribution in [2.75, 3.05) is 5.32 Å². The predicted molar refractivity (Wildman–Crippen MR) is 138 cm³/mol. The molecule has 2 N–H and O–H groups in total. The molecule has 0 saturated heterocycles. The Morgan fingerprint density at radius 3 is 2.53 bits per heavy atom. The molecule has 1 unspecified atom stereocenters. The van der Waals surface area contributed by atoms with Gasteiger partial charge in [-0.1, -0.05) is 89.4 Å². The van der Waals surface area contributed by atoms with E-state index < -0.39 is 11.2 Å². The molecular formula is C26H34N2O2S2. The normalized spacial score (nSPS) is 12.8. The minimum atomic E-state index is -0.745. The third-order valence-electron chi connectivity index (χ3n) is 5.52. The van der Waals surface area contributed by atoms with E-state index in [2.05, 4.69) is 68.3 Å². The van der Waals surface area contributed by atoms with Crippen LogP contribution in [0.4, 0.5) is 5.69 Å². The maximum atomic E-state index is 11.7. The Balaban J connectivity index is 1.62. The first kappa shape index (κ1) is 24.6. The Hall–Kier alpha value is -2.05. The van der Waals surface area contributed by atoms with Crippen LogP contribution in [0, 0.1) is 0 Å². The van der Waals surface area contributed by atoms with E-state index in [1.165, 1.54) is 22.9 Å². The Kier molecular flexibility index (Phi) is 8.60. The van der Waals surface area contributed by atoms with Gasteiger partial charge in [-0.15, -0.1) is 11.3 Å². The summed E-state index contributed by atoms with van der Waals surface area (Å²) in [6.07, 6.45) is 5.05. The van der Waals surface area contributed by atoms with E-state index in [0.29, 0.717) is 6.42 Å². The molecule has 1 atom stereocenters. The molecule has 0 radical (unpaired) electrons. The molecule has 0 aliphatic heterocycles. The Morgan fingerprint density at radius 1 is 1.12 bits per heavy atom. The highest BCUT2D eigenvalue weighted by Crippen LogP contribution is 2.35. The number of benzene rings is 2. The van der Waals surface area contributed by atoms with Gasteiger partial charge in [0.05, 0.1) is 10.2 Å². The van der Waals surface area contributed by atoms with Crippen LogP contribution in [0.1, 0.15) is 70.9 Å². The van der Waals surface area contributed by atoms with Gasteiger partial charge < -0.3 is 10.4 Å². The van der Waals surface area contributed by atoms with Crippen molar-refractivity contribution in [1.29, 1.82) is 0 Å². The average molecular weight is 471 g/mol. The topological polar surface area (TPSA) is 62.2 Å². The zero-order valence-corrected chi connectivity index (χ0v) is 21.1. The maximum Gasteiger partial charge on any atom is 0.317 e. The standard InChI is InChI=1S/C26H34N2O2S2/c1-5-6-7-8-9-22(24(29)30)31-25-28-21-15-14-20(16-23(21)32-25)27-17-18-10-12-19(13-11-18)26(2,3)4/h10-16,22,27H,5-9,17H2,1-4H3,(H,29,30). The monoisotopic (exact) mass is 470 g/mol. The molecule has 0 aliphatic rings. The van der Waals surface area contributed by atoms with Crippen LogP contribution in [-0.2, 0) is 16.8 Å². The molecule has 1 heterocycles. The first-order valence-corrected chi connectivity index (χ1v) is 13.1. The van der Waals surface area contributed by atoms with E-state index in [-0.39, 0.29) is 5.41 Å². The molecule has 0 amide bonds. The van der Waals surface area contributed by atoms with Crippen molar-refractivity contribution in [1.82, 2.24) is 4.98 Å². The molecule has 0 saturated carbocycles. The minimum Gasteiger partial charge on any atom is -0.480 e. The molecule has 0 spiro atoms. The lowest BCUT2D eigenvalue weighted by molar-refractivity contribution is -0.136. The number of anilines is 1. The SMILES string of the molecule is CCCCCCC(Sc1nc2ccc(NCc3ccc(C(C)(C)C)cc3)cc2s1)C(=O)O. The van der Waals surface area contributed by atoms with Crippen molar-refractivity contribution in [2.45, 2.75) is 81.3 Å². The van der Waals surface area contributed by atoms with Crippen molar-refractivity contribution in [3.63, 3.8) is 0 Å². The average Bonchev–Trinajstić information content (AvgIpc) is 3.15. The number of thioether (sulfide) groups is 1. The smallest absolute Gasteiger partial charge is 0.317 e. The summed E-state index contributed by atoms with van der Waals surface area (Å²) in [7, 11) is 0. The summed E-state index contributed by atoms with van der Waals surface area (Å²) in [6.45, 7) is 9.60. The number of unbranched alkanes of at least 4 members (excludes halogenated alkanes) is 3. The van der Waals surface area contributed by atoms with Gasteiger partial charge in [0.1, 0.15) is 5.25 Å². The summed E-state index contributed by atoms with van der Waals surface area (Å²) in [6, 6.07) is 14.9. The van der Waals surface area contributed by atoms with Crippen LogP contribution in [-0.4, -0.2) is 21.3 Å². The van der Waals surface area contributed by atoms with E-state index in [1.54, 1.807) is 11.3 Å². The molecule has 172 valence electrons. The summed E-state index contributed by atoms with van der Waals surface area (Å²) >= 11 is 2.96. The van der Waals surface area contributed by atoms with Crippen LogP contribution in [0.25, 0.3) is 10.2 Å². The minimum absolute atomic E-state index is 0.161. The number of rotatable bonds is 11. The van der Waals surface area contributed by atoms with Gasteiger partial charge in [0.15, 0.2) is 4.34 Å². The molecule has 0 bridgehead atoms. The van der Waals surface area contributed by atoms with Crippen LogP contribution in [0.2, 0.25) is 0 Å². The van der Waals surface area contributed by atoms with Gasteiger partial charge in [0.25, 0.3) is 0 Å². The number of aromatic nitrogens is 1. The van der Waals surface area contributed by atoms with Crippen LogP contribution < -0.4 is 5.32 Å². The molecular weight excluding hydrogens is 436 g/mol. The van der Waals surface area contributed by atoms with Crippen LogP contribution in [0.5, 0.6) is 0 Å². The number of carboxylic acids is 1. The molecule has 32 heavy (non-hydrogen) atoms. The van der Waals surface area contributed by atoms with Gasteiger partial charge in [-0.25, -0.2) is 4.98 Å². The van der Waals surface area contributed by atoms with Gasteiger partial charge in [-0.3, -0.25) is 4.79 Å². The number of carboxylic acid groups (broad SMARTS) is 1. The van der Waals surface area contributed by atoms with E-state index in [4.69, 9.17) is 0 Å². The van der Waals surface area contributed by atoms with E-state index in [1.807, 2.05) is 12.1 Å². The van der Waals surface area contributed by atoms with Crippen LogP contribution in [0.3, 0.4) is 0 Å². The molecule has 3 rings (SSSR count).